The van der Waals surface area contributed by atoms with Gasteiger partial charge >= 0.3 is 0 Å². The number of nitrogens with one attached hydrogen (secondary N) is 1. The molecule has 1 aliphatic rings. The van der Waals surface area contributed by atoms with Crippen molar-refractivity contribution in [3.63, 3.8) is 0 Å². The monoisotopic (exact) mass is 377 g/mol. The molecule has 134 valence electrons. The van der Waals surface area contributed by atoms with Crippen LogP contribution in [0.4, 0.5) is 0 Å². The number of thiophene rings is 1. The summed E-state index contributed by atoms with van der Waals surface area (Å²) in [5.74, 6) is 0.109. The normalized spacial score (nSPS) is 18.7. The van der Waals surface area contributed by atoms with E-state index in [1.807, 2.05) is 42.6 Å². The lowest BCUT2D eigenvalue weighted by Gasteiger charge is -2.32. The fourth-order valence-electron chi connectivity index (χ4n) is 3.64. The second-order valence-electron chi connectivity index (χ2n) is 6.89. The van der Waals surface area contributed by atoms with Gasteiger partial charge in [-0.05, 0) is 48.9 Å². The summed E-state index contributed by atoms with van der Waals surface area (Å²) in [5.41, 5.74) is -0.0353. The van der Waals surface area contributed by atoms with Gasteiger partial charge < -0.3 is 10.1 Å². The van der Waals surface area contributed by atoms with Gasteiger partial charge in [0.15, 0.2) is 0 Å². The number of carbonyl (C=O) groups is 1. The first-order valence-electron chi connectivity index (χ1n) is 8.64. The Bertz CT molecular complexity index is 725. The molecule has 1 saturated carbocycles. The van der Waals surface area contributed by atoms with Crippen LogP contribution >= 0.6 is 22.9 Å². The summed E-state index contributed by atoms with van der Waals surface area (Å²) in [6.07, 6.45) is 4.03. The Kier molecular flexibility index (Phi) is 5.52. The van der Waals surface area contributed by atoms with Crippen LogP contribution in [0.5, 0.6) is 0 Å². The summed E-state index contributed by atoms with van der Waals surface area (Å²) in [5, 5.41) is 5.88. The topological polar surface area (TPSA) is 38.3 Å². The molecule has 0 aliphatic heterocycles. The third kappa shape index (κ3) is 3.62. The van der Waals surface area contributed by atoms with Crippen molar-refractivity contribution in [2.24, 2.45) is 0 Å². The molecule has 2 aromatic rings. The minimum atomic E-state index is -0.615. The molecular weight excluding hydrogens is 354 g/mol. The van der Waals surface area contributed by atoms with Crippen LogP contribution in [0.3, 0.4) is 0 Å². The van der Waals surface area contributed by atoms with Crippen molar-refractivity contribution in [3.8, 4) is 0 Å². The molecule has 0 radical (unpaired) electrons. The second-order valence-corrected chi connectivity index (χ2v) is 8.28. The molecular formula is C20H24ClNO2S. The van der Waals surface area contributed by atoms with E-state index >= 15 is 0 Å². The quantitative estimate of drug-likeness (QED) is 0.778. The largest absolute Gasteiger partial charge is 0.372 e. The molecule has 1 N–H and O–H groups in total. The van der Waals surface area contributed by atoms with Gasteiger partial charge in [-0.3, -0.25) is 4.79 Å². The minimum absolute atomic E-state index is 0.109. The van der Waals surface area contributed by atoms with E-state index in [0.29, 0.717) is 11.6 Å². The van der Waals surface area contributed by atoms with Gasteiger partial charge in [-0.15, -0.1) is 11.3 Å². The summed E-state index contributed by atoms with van der Waals surface area (Å²) >= 11 is 7.80. The number of rotatable bonds is 6. The van der Waals surface area contributed by atoms with Gasteiger partial charge in [-0.25, -0.2) is 0 Å². The van der Waals surface area contributed by atoms with E-state index in [2.05, 4.69) is 11.4 Å². The third-order valence-electron chi connectivity index (χ3n) is 5.36. The Hall–Kier alpha value is -1.36. The molecule has 1 atom stereocenters. The molecule has 3 rings (SSSR count). The van der Waals surface area contributed by atoms with Crippen LogP contribution in [0, 0.1) is 0 Å². The zero-order valence-corrected chi connectivity index (χ0v) is 16.3. The number of hydrogen-bond acceptors (Lipinski definition) is 3. The molecule has 1 aliphatic carbocycles. The third-order valence-corrected chi connectivity index (χ3v) is 6.67. The van der Waals surface area contributed by atoms with Crippen LogP contribution in [-0.2, 0) is 20.5 Å². The lowest BCUT2D eigenvalue weighted by Crippen LogP contribution is -2.47. The maximum absolute atomic E-state index is 13.1. The molecule has 0 saturated heterocycles. The van der Waals surface area contributed by atoms with Crippen molar-refractivity contribution < 1.29 is 9.53 Å². The molecule has 1 aromatic heterocycles. The van der Waals surface area contributed by atoms with Gasteiger partial charge in [0.25, 0.3) is 0 Å². The van der Waals surface area contributed by atoms with Crippen molar-refractivity contribution in [3.05, 3.63) is 57.2 Å². The van der Waals surface area contributed by atoms with E-state index in [0.717, 1.165) is 31.2 Å². The Labute approximate surface area is 158 Å². The summed E-state index contributed by atoms with van der Waals surface area (Å²) in [6.45, 7) is 2.39. The van der Waals surface area contributed by atoms with Crippen LogP contribution < -0.4 is 5.32 Å². The highest BCUT2D eigenvalue weighted by atomic mass is 35.5. The maximum atomic E-state index is 13.1. The average Bonchev–Trinajstić information content (AvgIpc) is 3.31. The number of halogens is 1. The zero-order chi connectivity index (χ0) is 17.9. The van der Waals surface area contributed by atoms with Gasteiger partial charge in [0, 0.05) is 17.0 Å². The smallest absolute Gasteiger partial charge is 0.231 e. The standard InChI is InChI=1S/C20H24ClNO2S/c1-19(24-2,15-7-5-8-16(21)13-15)14-22-18(23)20(10-3-4-11-20)17-9-6-12-25-17/h5-9,12-13H,3-4,10-11,14H2,1-2H3,(H,22,23)/t19-/m1/s1. The molecule has 25 heavy (non-hydrogen) atoms. The summed E-state index contributed by atoms with van der Waals surface area (Å²) in [4.78, 5) is 14.3. The first-order valence-corrected chi connectivity index (χ1v) is 9.89. The van der Waals surface area contributed by atoms with Gasteiger partial charge in [-0.2, -0.15) is 0 Å². The van der Waals surface area contributed by atoms with E-state index in [1.165, 1.54) is 4.88 Å². The first kappa shape index (κ1) is 18.4. The molecule has 5 heteroatoms. The summed E-state index contributed by atoms with van der Waals surface area (Å²) in [7, 11) is 1.66. The van der Waals surface area contributed by atoms with E-state index in [4.69, 9.17) is 16.3 Å². The van der Waals surface area contributed by atoms with Gasteiger partial charge in [0.05, 0.1) is 12.0 Å². The van der Waals surface area contributed by atoms with Crippen molar-refractivity contribution in [1.29, 1.82) is 0 Å². The molecule has 0 bridgehead atoms. The van der Waals surface area contributed by atoms with Crippen LogP contribution in [0.2, 0.25) is 5.02 Å². The van der Waals surface area contributed by atoms with Crippen molar-refractivity contribution in [2.45, 2.75) is 43.6 Å². The van der Waals surface area contributed by atoms with E-state index in [-0.39, 0.29) is 11.3 Å². The van der Waals surface area contributed by atoms with Gasteiger partial charge in [0.1, 0.15) is 5.60 Å². The first-order chi connectivity index (χ1) is 12.0. The zero-order valence-electron chi connectivity index (χ0n) is 14.7. The number of ether oxygens (including phenoxy) is 1. The van der Waals surface area contributed by atoms with Crippen LogP contribution in [0.15, 0.2) is 41.8 Å². The highest BCUT2D eigenvalue weighted by molar-refractivity contribution is 7.10. The van der Waals surface area contributed by atoms with Crippen LogP contribution in [0.25, 0.3) is 0 Å². The molecule has 1 amide bonds. The number of amides is 1. The number of carbonyl (C=O) groups excluding carboxylic acids is 1. The predicted octanol–water partition coefficient (Wildman–Crippen LogP) is 4.89. The van der Waals surface area contributed by atoms with Crippen molar-refractivity contribution in [2.75, 3.05) is 13.7 Å². The van der Waals surface area contributed by atoms with Crippen LogP contribution in [0.1, 0.15) is 43.0 Å². The summed E-state index contributed by atoms with van der Waals surface area (Å²) < 4.78 is 5.74. The molecule has 1 aromatic carbocycles. The van der Waals surface area contributed by atoms with E-state index in [9.17, 15) is 4.79 Å². The fourth-order valence-corrected chi connectivity index (χ4v) is 4.82. The predicted molar refractivity (Wildman–Crippen MR) is 103 cm³/mol. The Morgan fingerprint density at radius 3 is 2.68 bits per heavy atom. The molecule has 1 heterocycles. The van der Waals surface area contributed by atoms with Crippen molar-refractivity contribution >= 4 is 28.8 Å². The van der Waals surface area contributed by atoms with Crippen LogP contribution in [-0.4, -0.2) is 19.6 Å². The Morgan fingerprint density at radius 2 is 2.08 bits per heavy atom. The van der Waals surface area contributed by atoms with Crippen molar-refractivity contribution in [1.82, 2.24) is 5.32 Å². The molecule has 1 fully saturated rings. The van der Waals surface area contributed by atoms with Gasteiger partial charge in [0.2, 0.25) is 5.91 Å². The highest BCUT2D eigenvalue weighted by Gasteiger charge is 2.44. The van der Waals surface area contributed by atoms with E-state index < -0.39 is 5.60 Å². The molecule has 3 nitrogen and oxygen atoms in total. The molecule has 0 unspecified atom stereocenters. The average molecular weight is 378 g/mol. The Morgan fingerprint density at radius 1 is 1.32 bits per heavy atom. The maximum Gasteiger partial charge on any atom is 0.231 e. The highest BCUT2D eigenvalue weighted by Crippen LogP contribution is 2.43. The lowest BCUT2D eigenvalue weighted by molar-refractivity contribution is -0.128. The summed E-state index contributed by atoms with van der Waals surface area (Å²) in [6, 6.07) is 11.7. The molecule has 0 spiro atoms. The number of methoxy groups -OCH3 is 1. The minimum Gasteiger partial charge on any atom is -0.372 e. The van der Waals surface area contributed by atoms with E-state index in [1.54, 1.807) is 18.4 Å². The fraction of sp³-hybridized carbons (Fsp3) is 0.450. The second kappa shape index (κ2) is 7.48. The SMILES string of the molecule is CO[C@](C)(CNC(=O)C1(c2cccs2)CCCC1)c1cccc(Cl)c1. The Balaban J connectivity index is 1.78. The number of hydrogen-bond donors (Lipinski definition) is 1. The lowest BCUT2D eigenvalue weighted by atomic mass is 9.83. The number of benzene rings is 1. The van der Waals surface area contributed by atoms with Gasteiger partial charge in [-0.1, -0.05) is 42.6 Å².